The summed E-state index contributed by atoms with van der Waals surface area (Å²) in [5, 5.41) is 11.9. The highest BCUT2D eigenvalue weighted by molar-refractivity contribution is 7.89. The quantitative estimate of drug-likeness (QED) is 0.731. The van der Waals surface area contributed by atoms with E-state index >= 15 is 0 Å². The van der Waals surface area contributed by atoms with Gasteiger partial charge in [0.2, 0.25) is 15.9 Å². The molecule has 0 aromatic heterocycles. The lowest BCUT2D eigenvalue weighted by Crippen LogP contribution is -2.41. The molecule has 1 saturated heterocycles. The molecule has 0 spiro atoms. The number of rotatable bonds is 6. The molecule has 1 aliphatic rings. The van der Waals surface area contributed by atoms with Gasteiger partial charge in [-0.2, -0.15) is 9.57 Å². The van der Waals surface area contributed by atoms with Crippen molar-refractivity contribution in [3.05, 3.63) is 53.1 Å². The second-order valence-corrected chi connectivity index (χ2v) is 9.34. The summed E-state index contributed by atoms with van der Waals surface area (Å²) in [5.41, 5.74) is 1.53. The molecule has 0 radical (unpaired) electrons. The molecule has 0 aliphatic carbocycles. The smallest absolute Gasteiger partial charge is 0.246 e. The highest BCUT2D eigenvalue weighted by atomic mass is 35.5. The van der Waals surface area contributed by atoms with Crippen molar-refractivity contribution in [1.29, 1.82) is 5.26 Å². The topological polar surface area (TPSA) is 99.5 Å². The fourth-order valence-corrected chi connectivity index (χ4v) is 5.28. The number of hydrogen-bond donors (Lipinski definition) is 1. The van der Waals surface area contributed by atoms with Gasteiger partial charge in [0.1, 0.15) is 10.6 Å². The Morgan fingerprint density at radius 2 is 1.90 bits per heavy atom. The number of methoxy groups -OCH3 is 1. The molecule has 0 unspecified atom stereocenters. The van der Waals surface area contributed by atoms with Crippen LogP contribution in [0.3, 0.4) is 0 Å². The number of nitrogens with zero attached hydrogens (tertiary/aromatic N) is 2. The summed E-state index contributed by atoms with van der Waals surface area (Å²) in [7, 11) is -2.37. The molecule has 1 aliphatic heterocycles. The Hall–Kier alpha value is -2.60. The Labute approximate surface area is 181 Å². The van der Waals surface area contributed by atoms with Crippen LogP contribution in [0.2, 0.25) is 5.02 Å². The van der Waals surface area contributed by atoms with Crippen LogP contribution in [0.25, 0.3) is 0 Å². The Balaban J connectivity index is 1.63. The minimum atomic E-state index is -3.78. The maximum absolute atomic E-state index is 13.0. The number of halogens is 1. The second kappa shape index (κ2) is 9.47. The van der Waals surface area contributed by atoms with Crippen LogP contribution in [0.5, 0.6) is 5.75 Å². The van der Waals surface area contributed by atoms with E-state index in [1.807, 2.05) is 0 Å². The van der Waals surface area contributed by atoms with Gasteiger partial charge in [0.25, 0.3) is 0 Å². The molecule has 0 bridgehead atoms. The maximum Gasteiger partial charge on any atom is 0.246 e. The summed E-state index contributed by atoms with van der Waals surface area (Å²) in [6.45, 7) is 0.467. The van der Waals surface area contributed by atoms with Crippen molar-refractivity contribution in [2.45, 2.75) is 24.2 Å². The average Bonchev–Trinajstić information content (AvgIpc) is 2.75. The summed E-state index contributed by atoms with van der Waals surface area (Å²) in [6.07, 6.45) is 1.15. The number of ether oxygens (including phenoxy) is 1. The van der Waals surface area contributed by atoms with Crippen LogP contribution in [0.4, 0.5) is 5.69 Å². The normalized spacial score (nSPS) is 15.4. The van der Waals surface area contributed by atoms with Crippen LogP contribution in [0.1, 0.15) is 18.4 Å². The maximum atomic E-state index is 13.0. The van der Waals surface area contributed by atoms with Crippen molar-refractivity contribution in [3.63, 3.8) is 0 Å². The second-order valence-electron chi connectivity index (χ2n) is 6.99. The van der Waals surface area contributed by atoms with Crippen molar-refractivity contribution < 1.29 is 17.9 Å². The van der Waals surface area contributed by atoms with E-state index in [9.17, 15) is 13.2 Å². The minimum absolute atomic E-state index is 0.0258. The van der Waals surface area contributed by atoms with E-state index in [4.69, 9.17) is 21.6 Å². The largest absolute Gasteiger partial charge is 0.495 e. The monoisotopic (exact) mass is 447 g/mol. The minimum Gasteiger partial charge on any atom is -0.495 e. The third-order valence-electron chi connectivity index (χ3n) is 5.07. The van der Waals surface area contributed by atoms with E-state index < -0.39 is 10.0 Å². The third kappa shape index (κ3) is 4.93. The van der Waals surface area contributed by atoms with Crippen LogP contribution in [-0.4, -0.2) is 38.8 Å². The Bertz CT molecular complexity index is 1060. The Morgan fingerprint density at radius 3 is 2.50 bits per heavy atom. The number of benzene rings is 2. The molecule has 2 aromatic rings. The predicted molar refractivity (Wildman–Crippen MR) is 114 cm³/mol. The van der Waals surface area contributed by atoms with E-state index in [1.54, 1.807) is 30.3 Å². The fraction of sp³-hybridized carbons (Fsp3) is 0.333. The number of nitriles is 1. The number of hydrogen-bond acceptors (Lipinski definition) is 5. The van der Waals surface area contributed by atoms with Gasteiger partial charge in [0, 0.05) is 29.7 Å². The van der Waals surface area contributed by atoms with Gasteiger partial charge in [-0.3, -0.25) is 4.79 Å². The number of carbonyl (C=O) groups excluding carboxylic acids is 1. The summed E-state index contributed by atoms with van der Waals surface area (Å²) in [4.78, 5) is 12.6. The average molecular weight is 448 g/mol. The third-order valence-corrected chi connectivity index (χ3v) is 7.23. The van der Waals surface area contributed by atoms with Gasteiger partial charge in [-0.15, -0.1) is 0 Å². The molecule has 3 rings (SSSR count). The first-order valence-electron chi connectivity index (χ1n) is 9.45. The first-order chi connectivity index (χ1) is 14.3. The molecule has 158 valence electrons. The van der Waals surface area contributed by atoms with Crippen LogP contribution in [0, 0.1) is 17.2 Å². The number of piperidine rings is 1. The molecule has 2 aromatic carbocycles. The number of amides is 1. The molecule has 1 amide bonds. The van der Waals surface area contributed by atoms with E-state index in [-0.39, 0.29) is 35.6 Å². The summed E-state index contributed by atoms with van der Waals surface area (Å²) in [5.74, 6) is -0.184. The molecule has 30 heavy (non-hydrogen) atoms. The number of nitrogens with one attached hydrogen (secondary N) is 1. The SMILES string of the molecule is COc1ccc(Cl)cc1S(=O)(=O)N1CCC(C(=O)Nc2ccc(CC#N)cc2)CC1. The number of carbonyl (C=O) groups is 1. The summed E-state index contributed by atoms with van der Waals surface area (Å²) in [6, 6.07) is 13.7. The van der Waals surface area contributed by atoms with Crippen LogP contribution >= 0.6 is 11.6 Å². The molecular weight excluding hydrogens is 426 g/mol. The van der Waals surface area contributed by atoms with Crippen molar-refractivity contribution in [1.82, 2.24) is 4.31 Å². The van der Waals surface area contributed by atoms with Crippen LogP contribution in [-0.2, 0) is 21.2 Å². The van der Waals surface area contributed by atoms with Crippen molar-refractivity contribution in [2.75, 3.05) is 25.5 Å². The number of anilines is 1. The highest BCUT2D eigenvalue weighted by Crippen LogP contribution is 2.32. The highest BCUT2D eigenvalue weighted by Gasteiger charge is 2.33. The first kappa shape index (κ1) is 22.1. The van der Waals surface area contributed by atoms with Crippen molar-refractivity contribution in [3.8, 4) is 11.8 Å². The lowest BCUT2D eigenvalue weighted by atomic mass is 9.97. The number of sulfonamides is 1. The summed E-state index contributed by atoms with van der Waals surface area (Å²) < 4.78 is 32.6. The molecule has 1 heterocycles. The zero-order chi connectivity index (χ0) is 21.7. The van der Waals surface area contributed by atoms with Crippen molar-refractivity contribution in [2.24, 2.45) is 5.92 Å². The molecule has 1 fully saturated rings. The molecule has 1 N–H and O–H groups in total. The van der Waals surface area contributed by atoms with Gasteiger partial charge >= 0.3 is 0 Å². The van der Waals surface area contributed by atoms with Crippen LogP contribution in [0.15, 0.2) is 47.4 Å². The zero-order valence-electron chi connectivity index (χ0n) is 16.5. The van der Waals surface area contributed by atoms with E-state index in [1.165, 1.54) is 23.5 Å². The van der Waals surface area contributed by atoms with Gasteiger partial charge in [0.05, 0.1) is 19.6 Å². The van der Waals surface area contributed by atoms with E-state index in [2.05, 4.69) is 11.4 Å². The zero-order valence-corrected chi connectivity index (χ0v) is 18.0. The molecule has 9 heteroatoms. The molecule has 0 saturated carbocycles. The van der Waals surface area contributed by atoms with Gasteiger partial charge in [-0.25, -0.2) is 8.42 Å². The van der Waals surface area contributed by atoms with E-state index in [0.717, 1.165) is 5.56 Å². The standard InChI is InChI=1S/C21H22ClN3O4S/c1-29-19-7-4-17(22)14-20(19)30(27,28)25-12-9-16(10-13-25)21(26)24-18-5-2-15(3-6-18)8-11-23/h2-7,14,16H,8-10,12-13H2,1H3,(H,24,26). The van der Waals surface area contributed by atoms with E-state index in [0.29, 0.717) is 30.0 Å². The van der Waals surface area contributed by atoms with Gasteiger partial charge < -0.3 is 10.1 Å². The van der Waals surface area contributed by atoms with Gasteiger partial charge in [0.15, 0.2) is 0 Å². The first-order valence-corrected chi connectivity index (χ1v) is 11.3. The lowest BCUT2D eigenvalue weighted by Gasteiger charge is -2.31. The predicted octanol–water partition coefficient (Wildman–Crippen LogP) is 3.45. The molecule has 0 atom stereocenters. The lowest BCUT2D eigenvalue weighted by molar-refractivity contribution is -0.120. The Kier molecular flexibility index (Phi) is 6.98. The molecular formula is C21H22ClN3O4S. The van der Waals surface area contributed by atoms with Crippen LogP contribution < -0.4 is 10.1 Å². The van der Waals surface area contributed by atoms with Crippen molar-refractivity contribution >= 4 is 33.2 Å². The van der Waals surface area contributed by atoms with Gasteiger partial charge in [-0.05, 0) is 48.7 Å². The molecule has 7 nitrogen and oxygen atoms in total. The Morgan fingerprint density at radius 1 is 1.23 bits per heavy atom. The van der Waals surface area contributed by atoms with Gasteiger partial charge in [-0.1, -0.05) is 23.7 Å². The summed E-state index contributed by atoms with van der Waals surface area (Å²) >= 11 is 5.98. The fourth-order valence-electron chi connectivity index (χ4n) is 3.39.